The third kappa shape index (κ3) is 3.75. The molecule has 1 fully saturated rings. The zero-order chi connectivity index (χ0) is 13.8. The maximum atomic E-state index is 11.8. The third-order valence-corrected chi connectivity index (χ3v) is 4.00. The largest absolute Gasteiger partial charge is 0.524 e. The van der Waals surface area contributed by atoms with Gasteiger partial charge in [-0.1, -0.05) is 6.92 Å². The van der Waals surface area contributed by atoms with E-state index in [4.69, 9.17) is 9.79 Å². The van der Waals surface area contributed by atoms with Crippen LogP contribution in [0.25, 0.3) is 0 Å². The summed E-state index contributed by atoms with van der Waals surface area (Å²) in [6.45, 7) is 4.84. The van der Waals surface area contributed by atoms with Gasteiger partial charge in [0.2, 0.25) is 5.91 Å². The topological polar surface area (TPSA) is 107 Å². The van der Waals surface area contributed by atoms with Crippen LogP contribution in [0.2, 0.25) is 0 Å². The molecule has 2 heterocycles. The van der Waals surface area contributed by atoms with Gasteiger partial charge < -0.3 is 14.5 Å². The number of amides is 1. The van der Waals surface area contributed by atoms with Gasteiger partial charge in [-0.2, -0.15) is 0 Å². The summed E-state index contributed by atoms with van der Waals surface area (Å²) in [6, 6.07) is -0.279. The van der Waals surface area contributed by atoms with E-state index in [0.29, 0.717) is 5.70 Å². The molecule has 2 aliphatic heterocycles. The second-order valence-corrected chi connectivity index (χ2v) is 5.95. The Labute approximate surface area is 177 Å². The SMILES string of the molecule is CC1=C(OP(=O)(O)O)[C@H](C)[C@@H]2[C@@H]([C@@H](C)O)C(=O)N12.[Ar].[Ar]. The van der Waals surface area contributed by atoms with E-state index in [0.717, 1.165) is 0 Å². The molecule has 0 aromatic carbocycles. The first-order valence-electron chi connectivity index (χ1n) is 5.62. The van der Waals surface area contributed by atoms with Crippen LogP contribution >= 0.6 is 7.82 Å². The van der Waals surface area contributed by atoms with Crippen LogP contribution in [0, 0.1) is 87.3 Å². The minimum Gasteiger partial charge on any atom is -0.407 e. The van der Waals surface area contributed by atoms with Crippen molar-refractivity contribution in [3.63, 3.8) is 0 Å². The summed E-state index contributed by atoms with van der Waals surface area (Å²) in [7, 11) is -4.64. The quantitative estimate of drug-likeness (QED) is 0.492. The predicted molar refractivity (Wildman–Crippen MR) is 60.8 cm³/mol. The van der Waals surface area contributed by atoms with Crippen LogP contribution in [0.4, 0.5) is 0 Å². The number of β-lactam (4-membered cyclic amide) rings is 1. The number of rotatable bonds is 3. The van der Waals surface area contributed by atoms with Crippen molar-refractivity contribution in [2.45, 2.75) is 32.9 Å². The number of nitrogens with zero attached hydrogens (tertiary/aromatic N) is 1. The number of carbonyl (C=O) groups is 1. The number of aliphatic hydroxyl groups excluding tert-OH is 1. The molecular formula is C10H16Ar2NO6P. The molecule has 3 N–H and O–H groups in total. The number of fused-ring (bicyclic) bond motifs is 1. The van der Waals surface area contributed by atoms with Gasteiger partial charge in [0.25, 0.3) is 0 Å². The molecule has 1 saturated heterocycles. The molecule has 0 aromatic rings. The van der Waals surface area contributed by atoms with Gasteiger partial charge in [0.05, 0.1) is 23.8 Å². The number of allylic oxidation sites excluding steroid dienone is 1. The van der Waals surface area contributed by atoms with Gasteiger partial charge in [-0.15, -0.1) is 0 Å². The second-order valence-electron chi connectivity index (χ2n) is 4.79. The molecule has 0 radical (unpaired) electrons. The molecule has 0 bridgehead atoms. The molecule has 20 heavy (non-hydrogen) atoms. The summed E-state index contributed by atoms with van der Waals surface area (Å²) < 4.78 is 15.5. The average molecular weight is 357 g/mol. The fourth-order valence-corrected chi connectivity index (χ4v) is 3.38. The standard InChI is InChI=1S/C10H16NO6P.2Ar/c1-4-8-7(6(3)12)10(13)11(8)5(2)9(4)17-18(14,15)16;;/h4,6-8,12H,1-3H3,(H2,14,15,16);;/t4-,6-,7-,8-;;/m1../s1. The van der Waals surface area contributed by atoms with E-state index in [9.17, 15) is 14.5 Å². The van der Waals surface area contributed by atoms with Gasteiger partial charge in [-0.05, 0) is 13.8 Å². The predicted octanol–water partition coefficient (Wildman–Crippen LogP) is 0.185. The monoisotopic (exact) mass is 357 g/mol. The maximum absolute atomic E-state index is 11.8. The van der Waals surface area contributed by atoms with Gasteiger partial charge in [0.1, 0.15) is 5.76 Å². The van der Waals surface area contributed by atoms with Gasteiger partial charge in [0.15, 0.2) is 0 Å². The minimum absolute atomic E-state index is 0. The Kier molecular flexibility index (Phi) is 8.09. The van der Waals surface area contributed by atoms with E-state index in [-0.39, 0.29) is 99.1 Å². The fraction of sp³-hybridized carbons (Fsp3) is 0.700. The van der Waals surface area contributed by atoms with E-state index in [1.807, 2.05) is 0 Å². The van der Waals surface area contributed by atoms with Crippen molar-refractivity contribution in [3.05, 3.63) is 11.5 Å². The van der Waals surface area contributed by atoms with Crippen molar-refractivity contribution < 1.29 is 104 Å². The third-order valence-electron chi connectivity index (χ3n) is 3.57. The van der Waals surface area contributed by atoms with Crippen molar-refractivity contribution in [2.24, 2.45) is 11.8 Å². The number of carbonyl (C=O) groups excluding carboxylic acids is 1. The van der Waals surface area contributed by atoms with E-state index in [1.165, 1.54) is 11.8 Å². The smallest absolute Gasteiger partial charge is 0.407 e. The van der Waals surface area contributed by atoms with Gasteiger partial charge in [-0.3, -0.25) is 14.6 Å². The summed E-state index contributed by atoms with van der Waals surface area (Å²) in [5.74, 6) is -0.976. The fourth-order valence-electron chi connectivity index (χ4n) is 2.83. The minimum atomic E-state index is -4.64. The first kappa shape index (κ1) is 21.6. The Morgan fingerprint density at radius 3 is 2.25 bits per heavy atom. The van der Waals surface area contributed by atoms with Crippen molar-refractivity contribution >= 4 is 13.7 Å². The first-order valence-corrected chi connectivity index (χ1v) is 7.15. The molecule has 4 atom stereocenters. The van der Waals surface area contributed by atoms with E-state index >= 15 is 0 Å². The molecule has 7 nitrogen and oxygen atoms in total. The van der Waals surface area contributed by atoms with Crippen LogP contribution in [-0.2, 0) is 13.9 Å². The second kappa shape index (κ2) is 7.47. The molecule has 0 saturated carbocycles. The van der Waals surface area contributed by atoms with Gasteiger partial charge in [0, 0.05) is 81.4 Å². The molecule has 1 amide bonds. The number of hydrogen-bond acceptors (Lipinski definition) is 4. The summed E-state index contributed by atoms with van der Waals surface area (Å²) >= 11 is 0. The number of hydrogen-bond donors (Lipinski definition) is 3. The Bertz CT molecular complexity index is 476. The summed E-state index contributed by atoms with van der Waals surface area (Å²) in [4.78, 5) is 31.0. The molecular weight excluding hydrogens is 341 g/mol. The van der Waals surface area contributed by atoms with Crippen LogP contribution in [-0.4, -0.2) is 37.8 Å². The Balaban J connectivity index is 0.00000180. The number of phosphoric ester groups is 1. The zero-order valence-corrected chi connectivity index (χ0v) is 13.3. The van der Waals surface area contributed by atoms with Crippen LogP contribution < -0.4 is 0 Å². The number of aliphatic hydroxyl groups is 1. The van der Waals surface area contributed by atoms with E-state index in [1.54, 1.807) is 13.8 Å². The number of phosphoric acid groups is 1. The molecule has 0 unspecified atom stereocenters. The molecule has 0 spiro atoms. The van der Waals surface area contributed by atoms with E-state index < -0.39 is 19.8 Å². The molecule has 118 valence electrons. The zero-order valence-electron chi connectivity index (χ0n) is 11.0. The summed E-state index contributed by atoms with van der Waals surface area (Å²) in [6.07, 6.45) is -0.789. The summed E-state index contributed by atoms with van der Waals surface area (Å²) in [5.41, 5.74) is 0.415. The van der Waals surface area contributed by atoms with Crippen LogP contribution in [0.1, 0.15) is 20.8 Å². The molecule has 10 heteroatoms. The Morgan fingerprint density at radius 1 is 1.35 bits per heavy atom. The molecule has 2 rings (SSSR count). The van der Waals surface area contributed by atoms with Crippen molar-refractivity contribution in [3.8, 4) is 0 Å². The Hall–Kier alpha value is 1.64. The van der Waals surface area contributed by atoms with E-state index in [2.05, 4.69) is 4.52 Å². The molecule has 0 aromatic heterocycles. The Morgan fingerprint density at radius 2 is 1.85 bits per heavy atom. The molecule has 2 aliphatic rings. The first-order chi connectivity index (χ1) is 8.15. The van der Waals surface area contributed by atoms with Gasteiger partial charge >= 0.3 is 7.82 Å². The normalized spacial score (nSPS) is 30.0. The van der Waals surface area contributed by atoms with Crippen LogP contribution in [0.5, 0.6) is 0 Å². The van der Waals surface area contributed by atoms with Crippen LogP contribution in [0.3, 0.4) is 0 Å². The van der Waals surface area contributed by atoms with Crippen molar-refractivity contribution in [2.75, 3.05) is 0 Å². The van der Waals surface area contributed by atoms with Crippen molar-refractivity contribution in [1.29, 1.82) is 0 Å². The average Bonchev–Trinajstić information content (AvgIpc) is 2.36. The summed E-state index contributed by atoms with van der Waals surface area (Å²) in [5, 5.41) is 9.55. The maximum Gasteiger partial charge on any atom is 0.524 e. The molecule has 0 aliphatic carbocycles. The van der Waals surface area contributed by atoms with Crippen LogP contribution in [0.15, 0.2) is 11.5 Å². The van der Waals surface area contributed by atoms with Gasteiger partial charge in [-0.25, -0.2) is 4.57 Å². The van der Waals surface area contributed by atoms with Crippen molar-refractivity contribution in [1.82, 2.24) is 4.90 Å².